The number of halogens is 1. The smallest absolute Gasteiger partial charge is 0.254 e. The predicted octanol–water partition coefficient (Wildman–Crippen LogP) is 5.02. The molecule has 0 radical (unpaired) electrons. The highest BCUT2D eigenvalue weighted by Gasteiger charge is 2.24. The van der Waals surface area contributed by atoms with Gasteiger partial charge in [0.25, 0.3) is 5.91 Å². The van der Waals surface area contributed by atoms with Crippen molar-refractivity contribution in [1.82, 2.24) is 18.9 Å². The minimum absolute atomic E-state index is 0.0117. The van der Waals surface area contributed by atoms with Gasteiger partial charge in [-0.05, 0) is 67.8 Å². The van der Waals surface area contributed by atoms with E-state index in [-0.39, 0.29) is 17.8 Å². The number of benzene rings is 2. The summed E-state index contributed by atoms with van der Waals surface area (Å²) in [6.07, 6.45) is 3.78. The molecule has 1 amide bonds. The van der Waals surface area contributed by atoms with Crippen LogP contribution in [0.2, 0.25) is 0 Å². The van der Waals surface area contributed by atoms with Crippen molar-refractivity contribution < 1.29 is 13.9 Å². The number of pyridine rings is 1. The normalized spacial score (nSPS) is 15.9. The van der Waals surface area contributed by atoms with Crippen LogP contribution in [0.3, 0.4) is 0 Å². The van der Waals surface area contributed by atoms with Gasteiger partial charge in [0, 0.05) is 54.6 Å². The maximum absolute atomic E-state index is 13.6. The topological polar surface area (TPSA) is 77.8 Å². The van der Waals surface area contributed by atoms with E-state index in [1.165, 1.54) is 12.1 Å². The largest absolute Gasteiger partial charge is 0.497 e. The van der Waals surface area contributed by atoms with E-state index >= 15 is 0 Å². The number of nitrogens with two attached hydrogens (primary N) is 1. The number of aromatic nitrogens is 3. The van der Waals surface area contributed by atoms with Crippen LogP contribution < -0.4 is 10.5 Å². The molecule has 8 heteroatoms. The number of nitrogens with zero attached hydrogens (tertiary/aromatic N) is 4. The van der Waals surface area contributed by atoms with Crippen LogP contribution in [0.25, 0.3) is 27.9 Å². The molecule has 6 rings (SSSR count). The maximum Gasteiger partial charge on any atom is 0.254 e. The summed E-state index contributed by atoms with van der Waals surface area (Å²) in [4.78, 5) is 20.0. The Morgan fingerprint density at radius 2 is 1.95 bits per heavy atom. The molecule has 2 N–H and O–H groups in total. The van der Waals surface area contributed by atoms with E-state index in [1.54, 1.807) is 19.2 Å². The van der Waals surface area contributed by atoms with Crippen LogP contribution in [0.15, 0.2) is 66.9 Å². The first-order chi connectivity index (χ1) is 18.4. The quantitative estimate of drug-likeness (QED) is 0.359. The molecule has 1 aliphatic heterocycles. The number of aryl methyl sites for hydroxylation is 1. The highest BCUT2D eigenvalue weighted by Crippen LogP contribution is 2.33. The number of ether oxygens (including phenoxy) is 1. The third kappa shape index (κ3) is 4.31. The van der Waals surface area contributed by atoms with E-state index in [0.717, 1.165) is 58.7 Å². The van der Waals surface area contributed by atoms with Crippen LogP contribution in [-0.4, -0.2) is 51.0 Å². The van der Waals surface area contributed by atoms with E-state index in [0.29, 0.717) is 24.3 Å². The monoisotopic (exact) mass is 511 g/mol. The number of hydrogen-bond acceptors (Lipinski definition) is 4. The van der Waals surface area contributed by atoms with Crippen molar-refractivity contribution in [3.8, 4) is 17.1 Å². The zero-order chi connectivity index (χ0) is 26.4. The lowest BCUT2D eigenvalue weighted by molar-refractivity contribution is 0.0709. The molecule has 0 saturated carbocycles. The van der Waals surface area contributed by atoms with Crippen molar-refractivity contribution in [2.75, 3.05) is 20.2 Å². The summed E-state index contributed by atoms with van der Waals surface area (Å²) in [6, 6.07) is 18.4. The molecule has 5 aromatic rings. The van der Waals surface area contributed by atoms with Gasteiger partial charge in [-0.1, -0.05) is 12.1 Å². The second kappa shape index (κ2) is 9.61. The fourth-order valence-electron chi connectivity index (χ4n) is 5.42. The summed E-state index contributed by atoms with van der Waals surface area (Å²) in [6.45, 7) is 3.87. The Morgan fingerprint density at radius 3 is 2.71 bits per heavy atom. The van der Waals surface area contributed by atoms with Gasteiger partial charge in [0.1, 0.15) is 22.9 Å². The Morgan fingerprint density at radius 1 is 1.13 bits per heavy atom. The van der Waals surface area contributed by atoms with Gasteiger partial charge in [-0.15, -0.1) is 0 Å². The van der Waals surface area contributed by atoms with Crippen LogP contribution >= 0.6 is 0 Å². The Hall–Kier alpha value is -4.17. The molecule has 0 aliphatic carbocycles. The van der Waals surface area contributed by atoms with Crippen LogP contribution in [0.1, 0.15) is 34.5 Å². The highest BCUT2D eigenvalue weighted by atomic mass is 19.1. The lowest BCUT2D eigenvalue weighted by Gasteiger charge is -2.30. The fourth-order valence-corrected chi connectivity index (χ4v) is 5.42. The molecule has 0 unspecified atom stereocenters. The second-order valence-corrected chi connectivity index (χ2v) is 10.0. The Balaban J connectivity index is 1.44. The third-order valence-corrected chi connectivity index (χ3v) is 7.46. The number of carbonyl (C=O) groups is 1. The van der Waals surface area contributed by atoms with Gasteiger partial charge in [0.15, 0.2) is 0 Å². The molecule has 38 heavy (non-hydrogen) atoms. The zero-order valence-corrected chi connectivity index (χ0v) is 21.5. The van der Waals surface area contributed by atoms with E-state index < -0.39 is 0 Å². The number of hydrogen-bond donors (Lipinski definition) is 1. The third-order valence-electron chi connectivity index (χ3n) is 7.46. The van der Waals surface area contributed by atoms with E-state index in [1.807, 2.05) is 52.8 Å². The van der Waals surface area contributed by atoms with Crippen LogP contribution in [0.5, 0.6) is 5.75 Å². The number of likely N-dealkylation sites (tertiary alicyclic amines) is 1. The number of imidazole rings is 1. The predicted molar refractivity (Wildman–Crippen MR) is 146 cm³/mol. The molecule has 0 spiro atoms. The Labute approximate surface area is 220 Å². The fraction of sp³-hybridized carbons (Fsp3) is 0.267. The molecule has 1 fully saturated rings. The van der Waals surface area contributed by atoms with E-state index in [4.69, 9.17) is 15.5 Å². The average molecular weight is 512 g/mol. The first-order valence-electron chi connectivity index (χ1n) is 12.9. The van der Waals surface area contributed by atoms with Crippen LogP contribution in [0, 0.1) is 12.7 Å². The van der Waals surface area contributed by atoms with Crippen molar-refractivity contribution in [2.24, 2.45) is 5.73 Å². The molecule has 7 nitrogen and oxygen atoms in total. The van der Waals surface area contributed by atoms with Crippen LogP contribution in [-0.2, 0) is 6.54 Å². The first kappa shape index (κ1) is 24.2. The van der Waals surface area contributed by atoms with Crippen molar-refractivity contribution in [1.29, 1.82) is 0 Å². The van der Waals surface area contributed by atoms with Gasteiger partial charge < -0.3 is 24.3 Å². The molecule has 0 bridgehead atoms. The summed E-state index contributed by atoms with van der Waals surface area (Å²) < 4.78 is 23.3. The number of methoxy groups -OCH3 is 1. The molecule has 2 aromatic carbocycles. The maximum atomic E-state index is 13.6. The van der Waals surface area contributed by atoms with Gasteiger partial charge in [0.05, 0.1) is 18.3 Å². The summed E-state index contributed by atoms with van der Waals surface area (Å²) in [5.41, 5.74) is 12.1. The molecule has 4 heterocycles. The summed E-state index contributed by atoms with van der Waals surface area (Å²) >= 11 is 0. The van der Waals surface area contributed by atoms with E-state index in [2.05, 4.69) is 10.6 Å². The highest BCUT2D eigenvalue weighted by molar-refractivity contribution is 5.95. The summed E-state index contributed by atoms with van der Waals surface area (Å²) in [5.74, 6) is 0.485. The number of piperidine rings is 1. The van der Waals surface area contributed by atoms with Gasteiger partial charge in [-0.3, -0.25) is 4.79 Å². The number of amides is 1. The molecule has 194 valence electrons. The van der Waals surface area contributed by atoms with Crippen molar-refractivity contribution >= 4 is 22.5 Å². The average Bonchev–Trinajstić information content (AvgIpc) is 3.45. The van der Waals surface area contributed by atoms with Gasteiger partial charge in [0.2, 0.25) is 0 Å². The lowest BCUT2D eigenvalue weighted by Crippen LogP contribution is -2.45. The zero-order valence-electron chi connectivity index (χ0n) is 21.5. The van der Waals surface area contributed by atoms with Crippen molar-refractivity contribution in [3.05, 3.63) is 89.5 Å². The number of carbonyl (C=O) groups excluding carboxylic acids is 1. The summed E-state index contributed by atoms with van der Waals surface area (Å²) in [5, 5.41) is 1.05. The standard InChI is InChI=1S/C30H30FN5O2/c1-19-29(33-28-15-22(11-13-35(19)28)30(37)34-12-3-4-24(32)18-34)27-14-21-7-10-25(38-2)16-26(21)36(27)17-20-5-8-23(31)9-6-20/h5-11,13-16,24H,3-4,12,17-18,32H2,1-2H3/t24-/m1/s1. The first-order valence-corrected chi connectivity index (χ1v) is 12.9. The van der Waals surface area contributed by atoms with E-state index in [9.17, 15) is 9.18 Å². The second-order valence-electron chi connectivity index (χ2n) is 10.0. The molecular formula is C30H30FN5O2. The minimum Gasteiger partial charge on any atom is -0.497 e. The van der Waals surface area contributed by atoms with Gasteiger partial charge in [-0.2, -0.15) is 0 Å². The molecule has 1 atom stereocenters. The Bertz CT molecular complexity index is 1650. The lowest BCUT2D eigenvalue weighted by atomic mass is 10.1. The SMILES string of the molecule is COc1ccc2cc(-c3nc4cc(C(=O)N5CCC[C@@H](N)C5)ccn4c3C)n(Cc3ccc(F)cc3)c2c1. The van der Waals surface area contributed by atoms with Crippen molar-refractivity contribution in [2.45, 2.75) is 32.4 Å². The number of fused-ring (bicyclic) bond motifs is 2. The van der Waals surface area contributed by atoms with Gasteiger partial charge >= 0.3 is 0 Å². The summed E-state index contributed by atoms with van der Waals surface area (Å²) in [7, 11) is 1.65. The molecular weight excluding hydrogens is 481 g/mol. The Kier molecular flexibility index (Phi) is 6.12. The minimum atomic E-state index is -0.263. The van der Waals surface area contributed by atoms with Crippen LogP contribution in [0.4, 0.5) is 4.39 Å². The molecule has 3 aromatic heterocycles. The van der Waals surface area contributed by atoms with Crippen molar-refractivity contribution in [3.63, 3.8) is 0 Å². The molecule has 1 aliphatic rings. The number of rotatable bonds is 5. The van der Waals surface area contributed by atoms with Gasteiger partial charge in [-0.25, -0.2) is 9.37 Å². The molecule has 1 saturated heterocycles.